The Morgan fingerprint density at radius 1 is 1.00 bits per heavy atom. The highest BCUT2D eigenvalue weighted by Crippen LogP contribution is 2.25. The molecule has 1 aliphatic rings. The molecule has 3 heterocycles. The molecule has 0 N–H and O–H groups in total. The molecule has 4 rings (SSSR count). The second-order valence-electron chi connectivity index (χ2n) is 7.49. The van der Waals surface area contributed by atoms with E-state index in [1.807, 2.05) is 37.3 Å². The van der Waals surface area contributed by atoms with Crippen molar-refractivity contribution in [2.24, 2.45) is 0 Å². The number of benzene rings is 1. The highest BCUT2D eigenvalue weighted by atomic mass is 32.2. The van der Waals surface area contributed by atoms with Gasteiger partial charge in [-0.15, -0.1) is 0 Å². The molecule has 1 fully saturated rings. The zero-order chi connectivity index (χ0) is 21.1. The van der Waals surface area contributed by atoms with Gasteiger partial charge in [0.15, 0.2) is 5.82 Å². The zero-order valence-electron chi connectivity index (χ0n) is 17.1. The van der Waals surface area contributed by atoms with Crippen molar-refractivity contribution in [3.63, 3.8) is 0 Å². The highest BCUT2D eigenvalue weighted by molar-refractivity contribution is 7.88. The van der Waals surface area contributed by atoms with Crippen molar-refractivity contribution in [3.8, 4) is 11.5 Å². The van der Waals surface area contributed by atoms with Crippen LogP contribution in [0, 0.1) is 13.8 Å². The Kier molecular flexibility index (Phi) is 5.98. The lowest BCUT2D eigenvalue weighted by molar-refractivity contribution is 0.266. The van der Waals surface area contributed by atoms with Crippen LogP contribution in [0.5, 0.6) is 0 Å². The van der Waals surface area contributed by atoms with Crippen LogP contribution < -0.4 is 0 Å². The predicted molar refractivity (Wildman–Crippen MR) is 110 cm³/mol. The molecule has 30 heavy (non-hydrogen) atoms. The molecule has 0 spiro atoms. The van der Waals surface area contributed by atoms with Crippen molar-refractivity contribution in [1.29, 1.82) is 0 Å². The molecule has 160 valence electrons. The Labute approximate surface area is 175 Å². The van der Waals surface area contributed by atoms with Gasteiger partial charge >= 0.3 is 0 Å². The van der Waals surface area contributed by atoms with E-state index < -0.39 is 10.0 Å². The summed E-state index contributed by atoms with van der Waals surface area (Å²) < 4.78 is 37.8. The molecule has 0 aliphatic carbocycles. The number of hydrogen-bond acceptors (Lipinski definition) is 8. The Morgan fingerprint density at radius 3 is 2.53 bits per heavy atom. The minimum atomic E-state index is -3.35. The van der Waals surface area contributed by atoms with Gasteiger partial charge in [0.2, 0.25) is 10.0 Å². The summed E-state index contributed by atoms with van der Waals surface area (Å²) in [6.45, 7) is 6.48. The van der Waals surface area contributed by atoms with Crippen LogP contribution >= 0.6 is 0 Å². The van der Waals surface area contributed by atoms with Crippen LogP contribution in [0.4, 0.5) is 0 Å². The van der Waals surface area contributed by atoms with Gasteiger partial charge in [0.25, 0.3) is 5.89 Å². The van der Waals surface area contributed by atoms with Crippen molar-refractivity contribution in [1.82, 2.24) is 24.5 Å². The minimum absolute atomic E-state index is 0.0273. The van der Waals surface area contributed by atoms with Gasteiger partial charge in [0, 0.05) is 19.6 Å². The van der Waals surface area contributed by atoms with Crippen LogP contribution in [0.15, 0.2) is 39.4 Å². The molecule has 1 aliphatic heterocycles. The van der Waals surface area contributed by atoms with E-state index in [1.54, 1.807) is 11.2 Å². The normalized spacial score (nSPS) is 16.6. The predicted octanol–water partition coefficient (Wildman–Crippen LogP) is 2.38. The first-order chi connectivity index (χ1) is 14.4. The fourth-order valence-electron chi connectivity index (χ4n) is 3.67. The molecule has 1 saturated heterocycles. The molecular formula is C20H25N5O4S. The number of nitrogens with zero attached hydrogens (tertiary/aromatic N) is 5. The van der Waals surface area contributed by atoms with Crippen LogP contribution in [0.2, 0.25) is 0 Å². The summed E-state index contributed by atoms with van der Waals surface area (Å²) >= 11 is 0. The number of rotatable bonds is 6. The summed E-state index contributed by atoms with van der Waals surface area (Å²) in [5.41, 5.74) is 2.23. The van der Waals surface area contributed by atoms with E-state index in [0.717, 1.165) is 24.1 Å². The lowest BCUT2D eigenvalue weighted by atomic mass is 10.2. The minimum Gasteiger partial charge on any atom is -0.361 e. The number of aromatic nitrogens is 3. The van der Waals surface area contributed by atoms with E-state index >= 15 is 0 Å². The third-order valence-corrected chi connectivity index (χ3v) is 7.06. The molecule has 0 bridgehead atoms. The van der Waals surface area contributed by atoms with E-state index in [2.05, 4.69) is 20.2 Å². The monoisotopic (exact) mass is 431 g/mol. The molecule has 0 amide bonds. The standard InChI is InChI=1S/C20H25N5O4S/c1-15-19(16(2)28-22-15)20-21-18(23-29-20)13-24-9-6-10-25(12-11-24)30(26,27)14-17-7-4-3-5-8-17/h3-5,7-8H,6,9-14H2,1-2H3. The topological polar surface area (TPSA) is 106 Å². The lowest BCUT2D eigenvalue weighted by Crippen LogP contribution is -2.35. The van der Waals surface area contributed by atoms with Crippen molar-refractivity contribution >= 4 is 10.0 Å². The second kappa shape index (κ2) is 8.66. The van der Waals surface area contributed by atoms with Gasteiger partial charge < -0.3 is 9.05 Å². The Balaban J connectivity index is 1.38. The zero-order valence-corrected chi connectivity index (χ0v) is 17.9. The van der Waals surface area contributed by atoms with E-state index in [4.69, 9.17) is 9.05 Å². The molecule has 2 aromatic heterocycles. The number of sulfonamides is 1. The molecule has 0 unspecified atom stereocenters. The lowest BCUT2D eigenvalue weighted by Gasteiger charge is -2.21. The first-order valence-electron chi connectivity index (χ1n) is 9.92. The summed E-state index contributed by atoms with van der Waals surface area (Å²) in [5.74, 6) is 1.62. The Bertz CT molecular complexity index is 1070. The van der Waals surface area contributed by atoms with Gasteiger partial charge in [0.05, 0.1) is 18.0 Å². The third-order valence-electron chi connectivity index (χ3n) is 5.21. The molecule has 10 heteroatoms. The maximum absolute atomic E-state index is 12.8. The van der Waals surface area contributed by atoms with Crippen LogP contribution in [-0.4, -0.2) is 59.1 Å². The largest absolute Gasteiger partial charge is 0.361 e. The van der Waals surface area contributed by atoms with E-state index in [-0.39, 0.29) is 5.75 Å². The van der Waals surface area contributed by atoms with Crippen LogP contribution in [-0.2, 0) is 22.3 Å². The van der Waals surface area contributed by atoms with E-state index in [9.17, 15) is 8.42 Å². The molecule has 1 aromatic carbocycles. The Hall–Kier alpha value is -2.56. The van der Waals surface area contributed by atoms with E-state index in [0.29, 0.717) is 49.3 Å². The first-order valence-corrected chi connectivity index (χ1v) is 11.5. The maximum atomic E-state index is 12.8. The van der Waals surface area contributed by atoms with Crippen molar-refractivity contribution < 1.29 is 17.5 Å². The average Bonchev–Trinajstić information content (AvgIpc) is 3.20. The van der Waals surface area contributed by atoms with Crippen LogP contribution in [0.1, 0.15) is 29.3 Å². The molecule has 0 saturated carbocycles. The molecule has 9 nitrogen and oxygen atoms in total. The maximum Gasteiger partial charge on any atom is 0.263 e. The van der Waals surface area contributed by atoms with Crippen molar-refractivity contribution in [2.75, 3.05) is 26.2 Å². The molecular weight excluding hydrogens is 406 g/mol. The Morgan fingerprint density at radius 2 is 1.80 bits per heavy atom. The van der Waals surface area contributed by atoms with Crippen molar-refractivity contribution in [3.05, 3.63) is 53.2 Å². The molecule has 3 aromatic rings. The van der Waals surface area contributed by atoms with Gasteiger partial charge in [0.1, 0.15) is 11.3 Å². The summed E-state index contributed by atoms with van der Waals surface area (Å²) in [4.78, 5) is 6.62. The molecule has 0 atom stereocenters. The highest BCUT2D eigenvalue weighted by Gasteiger charge is 2.26. The third kappa shape index (κ3) is 4.61. The number of aryl methyl sites for hydroxylation is 2. The van der Waals surface area contributed by atoms with Gasteiger partial charge in [-0.3, -0.25) is 4.90 Å². The fourth-order valence-corrected chi connectivity index (χ4v) is 5.23. The van der Waals surface area contributed by atoms with Crippen LogP contribution in [0.3, 0.4) is 0 Å². The van der Waals surface area contributed by atoms with Crippen LogP contribution in [0.25, 0.3) is 11.5 Å². The SMILES string of the molecule is Cc1noc(C)c1-c1nc(CN2CCCN(S(=O)(=O)Cc3ccccc3)CC2)no1. The summed E-state index contributed by atoms with van der Waals surface area (Å²) in [7, 11) is -3.35. The van der Waals surface area contributed by atoms with Gasteiger partial charge in [-0.25, -0.2) is 12.7 Å². The average molecular weight is 432 g/mol. The van der Waals surface area contributed by atoms with E-state index in [1.165, 1.54) is 0 Å². The van der Waals surface area contributed by atoms with Gasteiger partial charge in [-0.2, -0.15) is 4.98 Å². The van der Waals surface area contributed by atoms with Gasteiger partial charge in [-0.1, -0.05) is 40.6 Å². The first kappa shape index (κ1) is 20.7. The molecule has 0 radical (unpaired) electrons. The summed E-state index contributed by atoms with van der Waals surface area (Å²) in [6, 6.07) is 9.28. The smallest absolute Gasteiger partial charge is 0.263 e. The van der Waals surface area contributed by atoms with Crippen molar-refractivity contribution in [2.45, 2.75) is 32.6 Å². The summed E-state index contributed by atoms with van der Waals surface area (Å²) in [5, 5.41) is 7.99. The quantitative estimate of drug-likeness (QED) is 0.586. The van der Waals surface area contributed by atoms with Gasteiger partial charge in [-0.05, 0) is 32.4 Å². The fraction of sp³-hybridized carbons (Fsp3) is 0.450. The number of hydrogen-bond donors (Lipinski definition) is 0. The summed E-state index contributed by atoms with van der Waals surface area (Å²) in [6.07, 6.45) is 0.753. The second-order valence-corrected chi connectivity index (χ2v) is 9.45.